The molecule has 1 aromatic carbocycles. The fraction of sp³-hybridized carbons (Fsp3) is 0.231. The second kappa shape index (κ2) is 2.82. The van der Waals surface area contributed by atoms with E-state index in [-0.39, 0.29) is 5.91 Å². The Bertz CT molecular complexity index is 602. The van der Waals surface area contributed by atoms with Crippen LogP contribution in [0.3, 0.4) is 0 Å². The van der Waals surface area contributed by atoms with Gasteiger partial charge < -0.3 is 5.32 Å². The van der Waals surface area contributed by atoms with E-state index in [1.165, 1.54) is 0 Å². The van der Waals surface area contributed by atoms with E-state index in [1.807, 2.05) is 32.0 Å². The third-order valence-electron chi connectivity index (χ3n) is 3.30. The van der Waals surface area contributed by atoms with E-state index in [0.717, 1.165) is 22.0 Å². The molecule has 0 radical (unpaired) electrons. The molecule has 0 atom stereocenters. The van der Waals surface area contributed by atoms with E-state index >= 15 is 0 Å². The number of rotatable bonds is 0. The monoisotopic (exact) mass is 212 g/mol. The molecule has 3 rings (SSSR count). The van der Waals surface area contributed by atoms with Crippen LogP contribution in [0.15, 0.2) is 30.6 Å². The highest BCUT2D eigenvalue weighted by atomic mass is 16.2. The molecule has 0 saturated carbocycles. The van der Waals surface area contributed by atoms with Gasteiger partial charge >= 0.3 is 0 Å². The molecule has 0 saturated heterocycles. The summed E-state index contributed by atoms with van der Waals surface area (Å²) in [6.07, 6.45) is 3.56. The molecule has 0 fully saturated rings. The van der Waals surface area contributed by atoms with E-state index < -0.39 is 5.41 Å². The predicted octanol–water partition coefficient (Wildman–Crippen LogP) is 2.46. The fourth-order valence-electron chi connectivity index (χ4n) is 2.21. The first kappa shape index (κ1) is 9.33. The summed E-state index contributed by atoms with van der Waals surface area (Å²) in [7, 11) is 0. The van der Waals surface area contributed by atoms with Crippen molar-refractivity contribution >= 4 is 22.4 Å². The normalized spacial score (nSPS) is 17.2. The zero-order valence-corrected chi connectivity index (χ0v) is 9.24. The Morgan fingerprint density at radius 2 is 2.06 bits per heavy atom. The molecular formula is C13H12N2O. The molecule has 0 unspecified atom stereocenters. The maximum absolute atomic E-state index is 11.9. The lowest BCUT2D eigenvalue weighted by molar-refractivity contribution is -0.119. The van der Waals surface area contributed by atoms with Crippen molar-refractivity contribution in [1.82, 2.24) is 4.98 Å². The summed E-state index contributed by atoms with van der Waals surface area (Å²) in [5.74, 6) is 0.0545. The lowest BCUT2D eigenvalue weighted by atomic mass is 9.85. The number of benzene rings is 1. The zero-order chi connectivity index (χ0) is 11.3. The first-order valence-corrected chi connectivity index (χ1v) is 5.29. The summed E-state index contributed by atoms with van der Waals surface area (Å²) in [6, 6.07) is 6.01. The number of anilines is 1. The van der Waals surface area contributed by atoms with Crippen LogP contribution < -0.4 is 5.32 Å². The Morgan fingerprint density at radius 1 is 1.25 bits per heavy atom. The summed E-state index contributed by atoms with van der Waals surface area (Å²) in [4.78, 5) is 16.0. The topological polar surface area (TPSA) is 42.0 Å². The molecular weight excluding hydrogens is 200 g/mol. The Kier molecular flexibility index (Phi) is 1.64. The molecule has 3 nitrogen and oxygen atoms in total. The number of carbonyl (C=O) groups excluding carboxylic acids is 1. The number of hydrogen-bond acceptors (Lipinski definition) is 2. The lowest BCUT2D eigenvalue weighted by Gasteiger charge is -2.14. The largest absolute Gasteiger partial charge is 0.324 e. The Labute approximate surface area is 93.5 Å². The second-order valence-corrected chi connectivity index (χ2v) is 4.66. The molecule has 1 aliphatic heterocycles. The minimum absolute atomic E-state index is 0.0545. The van der Waals surface area contributed by atoms with Gasteiger partial charge in [0, 0.05) is 17.8 Å². The molecule has 1 aliphatic rings. The summed E-state index contributed by atoms with van der Waals surface area (Å²) in [5.41, 5.74) is 1.53. The number of nitrogens with one attached hydrogen (secondary N) is 1. The van der Waals surface area contributed by atoms with E-state index in [2.05, 4.69) is 10.3 Å². The average molecular weight is 212 g/mol. The molecule has 1 aromatic heterocycles. The number of amides is 1. The molecule has 1 N–H and O–H groups in total. The number of pyridine rings is 1. The van der Waals surface area contributed by atoms with Crippen LogP contribution in [0.4, 0.5) is 5.69 Å². The van der Waals surface area contributed by atoms with Crippen LogP contribution in [0.1, 0.15) is 19.4 Å². The highest BCUT2D eigenvalue weighted by Crippen LogP contribution is 2.41. The maximum Gasteiger partial charge on any atom is 0.234 e. The van der Waals surface area contributed by atoms with Gasteiger partial charge in [0.25, 0.3) is 0 Å². The van der Waals surface area contributed by atoms with Gasteiger partial charge in [-0.1, -0.05) is 12.1 Å². The van der Waals surface area contributed by atoms with Crippen LogP contribution in [0.25, 0.3) is 10.8 Å². The summed E-state index contributed by atoms with van der Waals surface area (Å²) >= 11 is 0. The van der Waals surface area contributed by atoms with Crippen molar-refractivity contribution in [2.24, 2.45) is 0 Å². The van der Waals surface area contributed by atoms with E-state index in [1.54, 1.807) is 12.4 Å². The number of fused-ring (bicyclic) bond motifs is 3. The van der Waals surface area contributed by atoms with Crippen LogP contribution in [-0.2, 0) is 10.2 Å². The quantitative estimate of drug-likeness (QED) is 0.728. The third kappa shape index (κ3) is 1.03. The fourth-order valence-corrected chi connectivity index (χ4v) is 2.21. The van der Waals surface area contributed by atoms with Crippen LogP contribution >= 0.6 is 0 Å². The molecule has 80 valence electrons. The summed E-state index contributed by atoms with van der Waals surface area (Å²) in [5, 5.41) is 5.07. The van der Waals surface area contributed by atoms with Gasteiger partial charge in [-0.2, -0.15) is 0 Å². The molecule has 2 aromatic rings. The van der Waals surface area contributed by atoms with Gasteiger partial charge in [0.2, 0.25) is 5.91 Å². The van der Waals surface area contributed by atoms with Crippen LogP contribution in [0.5, 0.6) is 0 Å². The van der Waals surface area contributed by atoms with Gasteiger partial charge in [-0.25, -0.2) is 0 Å². The SMILES string of the molecule is CC1(C)C(=O)Nc2c1ccc1ccncc21. The van der Waals surface area contributed by atoms with Gasteiger partial charge in [0.15, 0.2) is 0 Å². The Hall–Kier alpha value is -1.90. The molecule has 3 heteroatoms. The van der Waals surface area contributed by atoms with Crippen LogP contribution in [0.2, 0.25) is 0 Å². The van der Waals surface area contributed by atoms with E-state index in [4.69, 9.17) is 0 Å². The maximum atomic E-state index is 11.9. The van der Waals surface area contributed by atoms with Crippen molar-refractivity contribution in [3.63, 3.8) is 0 Å². The highest BCUT2D eigenvalue weighted by Gasteiger charge is 2.38. The highest BCUT2D eigenvalue weighted by molar-refractivity contribution is 6.13. The van der Waals surface area contributed by atoms with Crippen molar-refractivity contribution < 1.29 is 4.79 Å². The molecule has 2 heterocycles. The van der Waals surface area contributed by atoms with Crippen molar-refractivity contribution in [3.05, 3.63) is 36.2 Å². The van der Waals surface area contributed by atoms with Crippen LogP contribution in [0, 0.1) is 0 Å². The molecule has 0 aliphatic carbocycles. The zero-order valence-electron chi connectivity index (χ0n) is 9.24. The Balaban J connectivity index is 2.40. The molecule has 0 bridgehead atoms. The minimum Gasteiger partial charge on any atom is -0.324 e. The average Bonchev–Trinajstić information content (AvgIpc) is 2.51. The smallest absolute Gasteiger partial charge is 0.234 e. The molecule has 0 spiro atoms. The standard InChI is InChI=1S/C13H12N2O/c1-13(2)10-4-3-8-5-6-14-7-9(8)11(10)15-12(13)16/h3-7H,1-2H3,(H,15,16). The van der Waals surface area contributed by atoms with Crippen molar-refractivity contribution in [2.45, 2.75) is 19.3 Å². The van der Waals surface area contributed by atoms with Crippen molar-refractivity contribution in [2.75, 3.05) is 5.32 Å². The number of nitrogens with zero attached hydrogens (tertiary/aromatic N) is 1. The first-order valence-electron chi connectivity index (χ1n) is 5.29. The van der Waals surface area contributed by atoms with Gasteiger partial charge in [0.05, 0.1) is 11.1 Å². The van der Waals surface area contributed by atoms with E-state index in [0.29, 0.717) is 0 Å². The van der Waals surface area contributed by atoms with Crippen LogP contribution in [-0.4, -0.2) is 10.9 Å². The van der Waals surface area contributed by atoms with Gasteiger partial charge in [-0.15, -0.1) is 0 Å². The number of carbonyl (C=O) groups is 1. The third-order valence-corrected chi connectivity index (χ3v) is 3.30. The number of aromatic nitrogens is 1. The van der Waals surface area contributed by atoms with E-state index in [9.17, 15) is 4.79 Å². The Morgan fingerprint density at radius 3 is 2.88 bits per heavy atom. The van der Waals surface area contributed by atoms with Gasteiger partial charge in [-0.05, 0) is 30.9 Å². The predicted molar refractivity (Wildman–Crippen MR) is 63.4 cm³/mol. The first-order chi connectivity index (χ1) is 7.60. The van der Waals surface area contributed by atoms with Gasteiger partial charge in [0.1, 0.15) is 0 Å². The molecule has 1 amide bonds. The summed E-state index contributed by atoms with van der Waals surface area (Å²) in [6.45, 7) is 3.88. The van der Waals surface area contributed by atoms with Crippen molar-refractivity contribution in [3.8, 4) is 0 Å². The lowest BCUT2D eigenvalue weighted by Crippen LogP contribution is -2.26. The number of hydrogen-bond donors (Lipinski definition) is 1. The molecule has 16 heavy (non-hydrogen) atoms. The van der Waals surface area contributed by atoms with Gasteiger partial charge in [-0.3, -0.25) is 9.78 Å². The minimum atomic E-state index is -0.445. The summed E-state index contributed by atoms with van der Waals surface area (Å²) < 4.78 is 0. The second-order valence-electron chi connectivity index (χ2n) is 4.66. The van der Waals surface area contributed by atoms with Crippen molar-refractivity contribution in [1.29, 1.82) is 0 Å².